The molecule has 3 aromatic heterocycles. The lowest BCUT2D eigenvalue weighted by Gasteiger charge is -2.32. The number of aromatic amines is 1. The van der Waals surface area contributed by atoms with Gasteiger partial charge < -0.3 is 20.5 Å². The van der Waals surface area contributed by atoms with Crippen LogP contribution in [0.15, 0.2) is 24.7 Å². The third-order valence-corrected chi connectivity index (χ3v) is 4.13. The average molecular weight is 310 g/mol. The summed E-state index contributed by atoms with van der Waals surface area (Å²) in [6, 6.07) is 1.88. The second kappa shape index (κ2) is 5.47. The number of piperazine rings is 1. The highest BCUT2D eigenvalue weighted by Crippen LogP contribution is 2.24. The van der Waals surface area contributed by atoms with Gasteiger partial charge in [0.15, 0.2) is 5.65 Å². The van der Waals surface area contributed by atoms with Gasteiger partial charge in [-0.3, -0.25) is 0 Å². The average Bonchev–Trinajstić information content (AvgIpc) is 3.03. The van der Waals surface area contributed by atoms with Crippen LogP contribution in [0.4, 0.5) is 11.8 Å². The molecule has 1 saturated heterocycles. The van der Waals surface area contributed by atoms with Crippen LogP contribution in [-0.4, -0.2) is 63.0 Å². The van der Waals surface area contributed by atoms with Gasteiger partial charge in [0, 0.05) is 38.6 Å². The largest absolute Gasteiger partial charge is 0.383 e. The van der Waals surface area contributed by atoms with Gasteiger partial charge in [0.05, 0.1) is 17.5 Å². The van der Waals surface area contributed by atoms with Crippen molar-refractivity contribution in [1.82, 2.24) is 29.8 Å². The molecule has 8 nitrogen and oxygen atoms in total. The SMILES string of the molecule is CN1CCN(c2ncc(-c3cnc4[nH]ccc4n3)c(N)n2)CC1. The van der Waals surface area contributed by atoms with Crippen molar-refractivity contribution in [3.63, 3.8) is 0 Å². The Balaban J connectivity index is 1.65. The Morgan fingerprint density at radius 1 is 1.09 bits per heavy atom. The maximum Gasteiger partial charge on any atom is 0.227 e. The fourth-order valence-electron chi connectivity index (χ4n) is 2.70. The number of nitrogen functional groups attached to an aromatic ring is 1. The van der Waals surface area contributed by atoms with E-state index in [-0.39, 0.29) is 0 Å². The van der Waals surface area contributed by atoms with Gasteiger partial charge >= 0.3 is 0 Å². The van der Waals surface area contributed by atoms with Crippen molar-refractivity contribution in [2.45, 2.75) is 0 Å². The second-order valence-electron chi connectivity index (χ2n) is 5.73. The molecule has 1 fully saturated rings. The zero-order valence-corrected chi connectivity index (χ0v) is 12.9. The highest BCUT2D eigenvalue weighted by Gasteiger charge is 2.18. The van der Waals surface area contributed by atoms with E-state index in [4.69, 9.17) is 5.73 Å². The van der Waals surface area contributed by atoms with Crippen LogP contribution in [-0.2, 0) is 0 Å². The quantitative estimate of drug-likeness (QED) is 0.720. The van der Waals surface area contributed by atoms with Crippen LogP contribution in [0.3, 0.4) is 0 Å². The minimum absolute atomic E-state index is 0.429. The molecule has 4 heterocycles. The zero-order valence-electron chi connectivity index (χ0n) is 12.9. The monoisotopic (exact) mass is 310 g/mol. The van der Waals surface area contributed by atoms with Crippen molar-refractivity contribution in [3.8, 4) is 11.3 Å². The maximum absolute atomic E-state index is 6.14. The summed E-state index contributed by atoms with van der Waals surface area (Å²) < 4.78 is 0. The third kappa shape index (κ3) is 2.57. The van der Waals surface area contributed by atoms with Crippen molar-refractivity contribution >= 4 is 22.9 Å². The van der Waals surface area contributed by atoms with Gasteiger partial charge in [-0.1, -0.05) is 0 Å². The van der Waals surface area contributed by atoms with E-state index < -0.39 is 0 Å². The minimum Gasteiger partial charge on any atom is -0.383 e. The number of hydrogen-bond acceptors (Lipinski definition) is 7. The molecule has 4 rings (SSSR count). The van der Waals surface area contributed by atoms with Gasteiger partial charge in [-0.15, -0.1) is 0 Å². The van der Waals surface area contributed by atoms with Crippen molar-refractivity contribution in [2.75, 3.05) is 43.9 Å². The van der Waals surface area contributed by atoms with Crippen LogP contribution < -0.4 is 10.6 Å². The molecule has 3 aromatic rings. The molecular weight excluding hydrogens is 292 g/mol. The van der Waals surface area contributed by atoms with Crippen LogP contribution in [0.5, 0.6) is 0 Å². The molecule has 0 atom stereocenters. The van der Waals surface area contributed by atoms with Gasteiger partial charge in [0.2, 0.25) is 5.95 Å². The number of likely N-dealkylation sites (N-methyl/N-ethyl adjacent to an activating group) is 1. The lowest BCUT2D eigenvalue weighted by molar-refractivity contribution is 0.311. The number of nitrogens with two attached hydrogens (primary N) is 1. The molecule has 23 heavy (non-hydrogen) atoms. The summed E-state index contributed by atoms with van der Waals surface area (Å²) in [5.74, 6) is 1.10. The Kier molecular flexibility index (Phi) is 3.30. The summed E-state index contributed by atoms with van der Waals surface area (Å²) in [6.45, 7) is 3.82. The van der Waals surface area contributed by atoms with Gasteiger partial charge in [-0.25, -0.2) is 15.0 Å². The molecule has 118 valence electrons. The topological polar surface area (TPSA) is 99.9 Å². The van der Waals surface area contributed by atoms with E-state index in [1.54, 1.807) is 12.4 Å². The maximum atomic E-state index is 6.14. The Morgan fingerprint density at radius 3 is 2.70 bits per heavy atom. The van der Waals surface area contributed by atoms with Gasteiger partial charge in [-0.05, 0) is 13.1 Å². The van der Waals surface area contributed by atoms with Crippen LogP contribution in [0.25, 0.3) is 22.4 Å². The van der Waals surface area contributed by atoms with Crippen LogP contribution >= 0.6 is 0 Å². The number of anilines is 2. The fourth-order valence-corrected chi connectivity index (χ4v) is 2.70. The van der Waals surface area contributed by atoms with Gasteiger partial charge in [0.1, 0.15) is 11.3 Å². The fraction of sp³-hybridized carbons (Fsp3) is 0.333. The normalized spacial score (nSPS) is 16.1. The van der Waals surface area contributed by atoms with Gasteiger partial charge in [0.25, 0.3) is 0 Å². The standard InChI is InChI=1S/C15H18N8/c1-22-4-6-23(7-5-22)15-19-8-10(13(16)21-15)12-9-18-14-11(20-12)2-3-17-14/h2-3,8-9H,4-7H2,1H3,(H,17,18)(H2,16,19,21). The Hall–Kier alpha value is -2.74. The third-order valence-electron chi connectivity index (χ3n) is 4.13. The highest BCUT2D eigenvalue weighted by molar-refractivity contribution is 5.77. The predicted octanol–water partition coefficient (Wildman–Crippen LogP) is 0.749. The Morgan fingerprint density at radius 2 is 1.91 bits per heavy atom. The zero-order chi connectivity index (χ0) is 15.8. The molecule has 0 spiro atoms. The summed E-state index contributed by atoms with van der Waals surface area (Å²) in [5, 5.41) is 0. The number of aromatic nitrogens is 5. The molecule has 3 N–H and O–H groups in total. The van der Waals surface area contributed by atoms with E-state index in [1.807, 2.05) is 12.3 Å². The summed E-state index contributed by atoms with van der Waals surface area (Å²) >= 11 is 0. The summed E-state index contributed by atoms with van der Waals surface area (Å²) in [5.41, 5.74) is 9.08. The molecule has 0 saturated carbocycles. The molecule has 0 aliphatic carbocycles. The lowest BCUT2D eigenvalue weighted by Crippen LogP contribution is -2.45. The molecule has 8 heteroatoms. The van der Waals surface area contributed by atoms with E-state index >= 15 is 0 Å². The molecule has 0 radical (unpaired) electrons. The Bertz CT molecular complexity index is 834. The number of nitrogens with one attached hydrogen (secondary N) is 1. The van der Waals surface area contributed by atoms with Gasteiger partial charge in [-0.2, -0.15) is 4.98 Å². The molecule has 0 aromatic carbocycles. The van der Waals surface area contributed by atoms with Crippen LogP contribution in [0.2, 0.25) is 0 Å². The predicted molar refractivity (Wildman–Crippen MR) is 89.0 cm³/mol. The molecular formula is C15H18N8. The first-order chi connectivity index (χ1) is 11.2. The lowest BCUT2D eigenvalue weighted by atomic mass is 10.2. The first kappa shape index (κ1) is 13.9. The summed E-state index contributed by atoms with van der Waals surface area (Å²) in [4.78, 5) is 25.3. The first-order valence-corrected chi connectivity index (χ1v) is 7.57. The molecule has 0 bridgehead atoms. The minimum atomic E-state index is 0.429. The van der Waals surface area contributed by atoms with Crippen molar-refractivity contribution < 1.29 is 0 Å². The number of H-pyrrole nitrogens is 1. The highest BCUT2D eigenvalue weighted by atomic mass is 15.3. The Labute approximate surface area is 133 Å². The smallest absolute Gasteiger partial charge is 0.227 e. The first-order valence-electron chi connectivity index (χ1n) is 7.57. The molecule has 1 aliphatic heterocycles. The van der Waals surface area contributed by atoms with E-state index in [0.29, 0.717) is 23.0 Å². The number of rotatable bonds is 2. The second-order valence-corrected chi connectivity index (χ2v) is 5.73. The van der Waals surface area contributed by atoms with Crippen LogP contribution in [0.1, 0.15) is 0 Å². The van der Waals surface area contributed by atoms with E-state index in [9.17, 15) is 0 Å². The summed E-state index contributed by atoms with van der Waals surface area (Å²) in [6.07, 6.45) is 5.23. The molecule has 0 unspecified atom stereocenters. The molecule has 1 aliphatic rings. The van der Waals surface area contributed by atoms with E-state index in [1.165, 1.54) is 0 Å². The summed E-state index contributed by atoms with van der Waals surface area (Å²) in [7, 11) is 2.12. The van der Waals surface area contributed by atoms with Crippen molar-refractivity contribution in [3.05, 3.63) is 24.7 Å². The number of nitrogens with zero attached hydrogens (tertiary/aromatic N) is 6. The van der Waals surface area contributed by atoms with E-state index in [2.05, 4.69) is 41.8 Å². The van der Waals surface area contributed by atoms with Crippen LogP contribution in [0, 0.1) is 0 Å². The van der Waals surface area contributed by atoms with Crippen molar-refractivity contribution in [1.29, 1.82) is 0 Å². The van der Waals surface area contributed by atoms with Crippen molar-refractivity contribution in [2.24, 2.45) is 0 Å². The van der Waals surface area contributed by atoms with E-state index in [0.717, 1.165) is 37.3 Å². The molecule has 0 amide bonds. The number of hydrogen-bond donors (Lipinski definition) is 2. The number of fused-ring (bicyclic) bond motifs is 1.